The van der Waals surface area contributed by atoms with Gasteiger partial charge in [0.2, 0.25) is 11.8 Å². The molecule has 2 aromatic rings. The zero-order valence-corrected chi connectivity index (χ0v) is 16.8. The third-order valence-corrected chi connectivity index (χ3v) is 6.26. The highest BCUT2D eigenvalue weighted by Crippen LogP contribution is 2.27. The second-order valence-corrected chi connectivity index (χ2v) is 8.57. The Kier molecular flexibility index (Phi) is 5.15. The first-order valence-corrected chi connectivity index (χ1v) is 10.3. The van der Waals surface area contributed by atoms with Gasteiger partial charge in [-0.1, -0.05) is 18.2 Å². The quantitative estimate of drug-likeness (QED) is 0.853. The maximum absolute atomic E-state index is 12.9. The molecule has 6 nitrogen and oxygen atoms in total. The molecule has 2 saturated heterocycles. The number of amides is 2. The summed E-state index contributed by atoms with van der Waals surface area (Å²) in [5, 5.41) is 4.43. The van der Waals surface area contributed by atoms with Gasteiger partial charge >= 0.3 is 0 Å². The number of carbonyl (C=O) groups is 2. The fraction of sp³-hybridized carbons (Fsp3) is 0.545. The fourth-order valence-corrected chi connectivity index (χ4v) is 4.61. The number of nitrogens with zero attached hydrogens (tertiary/aromatic N) is 2. The summed E-state index contributed by atoms with van der Waals surface area (Å²) < 4.78 is 0. The number of aromatic nitrogens is 1. The Morgan fingerprint density at radius 1 is 1.21 bits per heavy atom. The largest absolute Gasteiger partial charge is 0.361 e. The number of rotatable bonds is 4. The predicted molar refractivity (Wildman–Crippen MR) is 110 cm³/mol. The fourth-order valence-electron chi connectivity index (χ4n) is 4.61. The first-order chi connectivity index (χ1) is 13.5. The third kappa shape index (κ3) is 3.78. The Morgan fingerprint density at radius 2 is 2.04 bits per heavy atom. The van der Waals surface area contributed by atoms with Crippen LogP contribution in [-0.2, 0) is 16.0 Å². The van der Waals surface area contributed by atoms with Crippen molar-refractivity contribution in [3.63, 3.8) is 0 Å². The van der Waals surface area contributed by atoms with E-state index in [0.29, 0.717) is 25.4 Å². The number of fused-ring (bicyclic) bond motifs is 1. The van der Waals surface area contributed by atoms with E-state index in [0.717, 1.165) is 38.0 Å². The minimum atomic E-state index is -0.297. The van der Waals surface area contributed by atoms with Gasteiger partial charge in [-0.3, -0.25) is 14.5 Å². The molecular weight excluding hydrogens is 352 g/mol. The van der Waals surface area contributed by atoms with Crippen LogP contribution in [0.3, 0.4) is 0 Å². The molecule has 150 valence electrons. The second kappa shape index (κ2) is 7.59. The Hall–Kier alpha value is -2.34. The topological polar surface area (TPSA) is 68.4 Å². The smallest absolute Gasteiger partial charge is 0.222 e. The Balaban J connectivity index is 1.40. The van der Waals surface area contributed by atoms with Crippen molar-refractivity contribution in [2.75, 3.05) is 26.2 Å². The van der Waals surface area contributed by atoms with Crippen LogP contribution < -0.4 is 5.32 Å². The van der Waals surface area contributed by atoms with Gasteiger partial charge < -0.3 is 15.2 Å². The lowest BCUT2D eigenvalue weighted by molar-refractivity contribution is -0.131. The number of benzene rings is 1. The summed E-state index contributed by atoms with van der Waals surface area (Å²) in [5.74, 6) is 0.285. The SMILES string of the molecule is CC(C)N1CCC(=O)NC2(CCN(C(=O)CCc3c[nH]c4ccccc34)C2)C1. The highest BCUT2D eigenvalue weighted by Gasteiger charge is 2.43. The molecule has 2 N–H and O–H groups in total. The lowest BCUT2D eigenvalue weighted by atomic mass is 9.97. The molecule has 1 spiro atoms. The number of aromatic amines is 1. The van der Waals surface area contributed by atoms with Crippen molar-refractivity contribution < 1.29 is 9.59 Å². The van der Waals surface area contributed by atoms with E-state index in [4.69, 9.17) is 0 Å². The van der Waals surface area contributed by atoms with Crippen molar-refractivity contribution in [2.24, 2.45) is 0 Å². The van der Waals surface area contributed by atoms with Gasteiger partial charge in [-0.05, 0) is 38.3 Å². The van der Waals surface area contributed by atoms with E-state index in [-0.39, 0.29) is 17.4 Å². The van der Waals surface area contributed by atoms with Crippen molar-refractivity contribution in [2.45, 2.75) is 51.1 Å². The van der Waals surface area contributed by atoms with Crippen LogP contribution in [0.1, 0.15) is 38.7 Å². The van der Waals surface area contributed by atoms with Crippen LogP contribution >= 0.6 is 0 Å². The maximum atomic E-state index is 12.9. The van der Waals surface area contributed by atoms with Crippen molar-refractivity contribution in [3.05, 3.63) is 36.0 Å². The van der Waals surface area contributed by atoms with Crippen LogP contribution in [0.5, 0.6) is 0 Å². The third-order valence-electron chi connectivity index (χ3n) is 6.26. The van der Waals surface area contributed by atoms with Crippen LogP contribution in [0.25, 0.3) is 10.9 Å². The minimum Gasteiger partial charge on any atom is -0.361 e. The highest BCUT2D eigenvalue weighted by atomic mass is 16.2. The zero-order valence-electron chi connectivity index (χ0n) is 16.8. The van der Waals surface area contributed by atoms with Gasteiger partial charge in [-0.15, -0.1) is 0 Å². The first-order valence-electron chi connectivity index (χ1n) is 10.3. The summed E-state index contributed by atoms with van der Waals surface area (Å²) in [4.78, 5) is 32.7. The number of para-hydroxylation sites is 1. The van der Waals surface area contributed by atoms with Crippen molar-refractivity contribution in [1.82, 2.24) is 20.1 Å². The molecule has 1 aromatic carbocycles. The van der Waals surface area contributed by atoms with Gasteiger partial charge in [0.25, 0.3) is 0 Å². The summed E-state index contributed by atoms with van der Waals surface area (Å²) in [5.41, 5.74) is 2.00. The summed E-state index contributed by atoms with van der Waals surface area (Å²) in [6, 6.07) is 8.59. The van der Waals surface area contributed by atoms with E-state index in [2.05, 4.69) is 41.2 Å². The standard InChI is InChI=1S/C22H30N4O2/c1-16(2)25-11-9-20(27)24-22(14-25)10-12-26(15-22)21(28)8-7-17-13-23-19-6-4-3-5-18(17)19/h3-6,13,16,23H,7-12,14-15H2,1-2H3,(H,24,27). The molecule has 0 bridgehead atoms. The molecular formula is C22H30N4O2. The second-order valence-electron chi connectivity index (χ2n) is 8.57. The van der Waals surface area contributed by atoms with Gasteiger partial charge in [0, 0.05) is 62.2 Å². The monoisotopic (exact) mass is 382 g/mol. The number of H-pyrrole nitrogens is 1. The van der Waals surface area contributed by atoms with E-state index < -0.39 is 0 Å². The van der Waals surface area contributed by atoms with Crippen molar-refractivity contribution in [1.29, 1.82) is 0 Å². The van der Waals surface area contributed by atoms with Crippen LogP contribution in [0.2, 0.25) is 0 Å². The van der Waals surface area contributed by atoms with E-state index in [1.54, 1.807) is 0 Å². The number of hydrogen-bond acceptors (Lipinski definition) is 3. The minimum absolute atomic E-state index is 0.108. The molecule has 2 aliphatic rings. The zero-order chi connectivity index (χ0) is 19.7. The van der Waals surface area contributed by atoms with Gasteiger partial charge in [-0.2, -0.15) is 0 Å². The molecule has 0 saturated carbocycles. The van der Waals surface area contributed by atoms with E-state index in [1.807, 2.05) is 23.2 Å². The Bertz CT molecular complexity index is 874. The van der Waals surface area contributed by atoms with Crippen LogP contribution in [-0.4, -0.2) is 64.4 Å². The Labute approximate surface area is 166 Å². The van der Waals surface area contributed by atoms with Crippen LogP contribution in [0.15, 0.2) is 30.5 Å². The number of carbonyl (C=O) groups excluding carboxylic acids is 2. The number of hydrogen-bond donors (Lipinski definition) is 2. The number of aryl methyl sites for hydroxylation is 1. The summed E-state index contributed by atoms with van der Waals surface area (Å²) >= 11 is 0. The summed E-state index contributed by atoms with van der Waals surface area (Å²) in [6.07, 6.45) is 4.61. The highest BCUT2D eigenvalue weighted by molar-refractivity contribution is 5.84. The molecule has 1 atom stereocenters. The first kappa shape index (κ1) is 19.0. The van der Waals surface area contributed by atoms with Crippen LogP contribution in [0.4, 0.5) is 0 Å². The average Bonchev–Trinajstić information content (AvgIpc) is 3.23. The van der Waals surface area contributed by atoms with E-state index in [1.165, 1.54) is 10.9 Å². The number of likely N-dealkylation sites (tertiary alicyclic amines) is 1. The van der Waals surface area contributed by atoms with E-state index in [9.17, 15) is 9.59 Å². The predicted octanol–water partition coefficient (Wildman–Crippen LogP) is 2.30. The summed E-state index contributed by atoms with van der Waals surface area (Å²) in [7, 11) is 0. The lowest BCUT2D eigenvalue weighted by Gasteiger charge is -2.35. The molecule has 2 amide bonds. The molecule has 4 rings (SSSR count). The van der Waals surface area contributed by atoms with Crippen molar-refractivity contribution in [3.8, 4) is 0 Å². The van der Waals surface area contributed by atoms with Gasteiger partial charge in [-0.25, -0.2) is 0 Å². The van der Waals surface area contributed by atoms with Crippen LogP contribution in [0, 0.1) is 0 Å². The normalized spacial score (nSPS) is 23.5. The van der Waals surface area contributed by atoms with E-state index >= 15 is 0 Å². The maximum Gasteiger partial charge on any atom is 0.222 e. The van der Waals surface area contributed by atoms with Gasteiger partial charge in [0.15, 0.2) is 0 Å². The molecule has 6 heteroatoms. The lowest BCUT2D eigenvalue weighted by Crippen LogP contribution is -2.55. The molecule has 0 aliphatic carbocycles. The molecule has 1 unspecified atom stereocenters. The average molecular weight is 383 g/mol. The molecule has 2 fully saturated rings. The van der Waals surface area contributed by atoms with Gasteiger partial charge in [0.1, 0.15) is 0 Å². The molecule has 3 heterocycles. The molecule has 1 aromatic heterocycles. The summed E-state index contributed by atoms with van der Waals surface area (Å²) in [6.45, 7) is 7.29. The van der Waals surface area contributed by atoms with Crippen molar-refractivity contribution >= 4 is 22.7 Å². The molecule has 2 aliphatic heterocycles. The molecule has 0 radical (unpaired) electrons. The Morgan fingerprint density at radius 3 is 2.86 bits per heavy atom. The number of nitrogens with one attached hydrogen (secondary N) is 2. The molecule has 28 heavy (non-hydrogen) atoms. The van der Waals surface area contributed by atoms with Gasteiger partial charge in [0.05, 0.1) is 5.54 Å².